The normalized spacial score (nSPS) is 20.4. The lowest BCUT2D eigenvalue weighted by molar-refractivity contribution is 0.0981. The zero-order valence-electron chi connectivity index (χ0n) is 14.2. The maximum atomic E-state index is 13.0. The molecule has 2 heterocycles. The van der Waals surface area contributed by atoms with Crippen LogP contribution < -0.4 is 4.90 Å². The predicted molar refractivity (Wildman–Crippen MR) is 97.4 cm³/mol. The molecule has 2 aliphatic heterocycles. The summed E-state index contributed by atoms with van der Waals surface area (Å²) in [4.78, 5) is 17.4. The van der Waals surface area contributed by atoms with Crippen molar-refractivity contribution in [2.24, 2.45) is 0 Å². The maximum Gasteiger partial charge on any atom is 0.258 e. The Kier molecular flexibility index (Phi) is 4.11. The molecule has 1 saturated heterocycles. The Bertz CT molecular complexity index is 732. The molecule has 1 amide bonds. The number of rotatable bonds is 3. The van der Waals surface area contributed by atoms with Gasteiger partial charge in [0.1, 0.15) is 0 Å². The third-order valence-corrected chi connectivity index (χ3v) is 5.23. The van der Waals surface area contributed by atoms with E-state index in [0.717, 1.165) is 24.2 Å². The summed E-state index contributed by atoms with van der Waals surface area (Å²) >= 11 is 0. The predicted octanol–water partition coefficient (Wildman–Crippen LogP) is 3.87. The molecule has 0 spiro atoms. The van der Waals surface area contributed by atoms with Crippen LogP contribution in [0.15, 0.2) is 48.5 Å². The van der Waals surface area contributed by atoms with Crippen LogP contribution in [-0.4, -0.2) is 29.9 Å². The summed E-state index contributed by atoms with van der Waals surface area (Å²) in [6.45, 7) is 5.52. The van der Waals surface area contributed by atoms with E-state index in [1.54, 1.807) is 0 Å². The molecule has 0 bridgehead atoms. The van der Waals surface area contributed by atoms with Crippen molar-refractivity contribution in [2.45, 2.75) is 38.8 Å². The molecule has 0 N–H and O–H groups in total. The minimum absolute atomic E-state index is 0.111. The third kappa shape index (κ3) is 2.84. The lowest BCUT2D eigenvalue weighted by Crippen LogP contribution is -2.35. The molecule has 3 heteroatoms. The van der Waals surface area contributed by atoms with E-state index in [1.165, 1.54) is 37.1 Å². The van der Waals surface area contributed by atoms with E-state index in [9.17, 15) is 4.79 Å². The second-order valence-electron chi connectivity index (χ2n) is 7.04. The molecule has 3 nitrogen and oxygen atoms in total. The first-order valence-corrected chi connectivity index (χ1v) is 8.95. The SMILES string of the molecule is C[C@@H]1Cc2ccccc2N1C(=O)c1ccc(CN2CCCC2)cc1. The molecule has 2 aromatic carbocycles. The molecule has 24 heavy (non-hydrogen) atoms. The second-order valence-corrected chi connectivity index (χ2v) is 7.04. The van der Waals surface area contributed by atoms with Crippen LogP contribution in [-0.2, 0) is 13.0 Å². The Balaban J connectivity index is 1.52. The van der Waals surface area contributed by atoms with Crippen molar-refractivity contribution in [1.82, 2.24) is 4.90 Å². The smallest absolute Gasteiger partial charge is 0.258 e. The van der Waals surface area contributed by atoms with Crippen LogP contribution in [0.3, 0.4) is 0 Å². The van der Waals surface area contributed by atoms with Crippen LogP contribution in [0.4, 0.5) is 5.69 Å². The van der Waals surface area contributed by atoms with Crippen molar-refractivity contribution in [3.05, 3.63) is 65.2 Å². The van der Waals surface area contributed by atoms with Gasteiger partial charge in [-0.3, -0.25) is 9.69 Å². The number of benzene rings is 2. The van der Waals surface area contributed by atoms with Crippen molar-refractivity contribution in [1.29, 1.82) is 0 Å². The number of hydrogen-bond donors (Lipinski definition) is 0. The van der Waals surface area contributed by atoms with Crippen LogP contribution in [0, 0.1) is 0 Å². The molecular formula is C21H24N2O. The monoisotopic (exact) mass is 320 g/mol. The Labute approximate surface area is 143 Å². The van der Waals surface area contributed by atoms with Gasteiger partial charge in [-0.05, 0) is 68.6 Å². The zero-order chi connectivity index (χ0) is 16.5. The topological polar surface area (TPSA) is 23.6 Å². The number of nitrogens with zero attached hydrogens (tertiary/aromatic N) is 2. The number of likely N-dealkylation sites (tertiary alicyclic amines) is 1. The third-order valence-electron chi connectivity index (χ3n) is 5.23. The molecule has 1 atom stereocenters. The van der Waals surface area contributed by atoms with Gasteiger partial charge >= 0.3 is 0 Å². The summed E-state index contributed by atoms with van der Waals surface area (Å²) in [5.74, 6) is 0.111. The molecule has 0 unspecified atom stereocenters. The summed E-state index contributed by atoms with van der Waals surface area (Å²) in [6, 6.07) is 16.7. The van der Waals surface area contributed by atoms with Crippen LogP contribution in [0.1, 0.15) is 41.3 Å². The Hall–Kier alpha value is -2.13. The van der Waals surface area contributed by atoms with E-state index in [1.807, 2.05) is 29.2 Å². The number of carbonyl (C=O) groups is 1. The minimum atomic E-state index is 0.111. The van der Waals surface area contributed by atoms with E-state index in [2.05, 4.69) is 36.1 Å². The summed E-state index contributed by atoms with van der Waals surface area (Å²) in [7, 11) is 0. The van der Waals surface area contributed by atoms with Gasteiger partial charge in [-0.1, -0.05) is 30.3 Å². The Morgan fingerprint density at radius 2 is 1.75 bits per heavy atom. The number of hydrogen-bond acceptors (Lipinski definition) is 2. The van der Waals surface area contributed by atoms with E-state index in [-0.39, 0.29) is 11.9 Å². The van der Waals surface area contributed by atoms with Gasteiger partial charge in [0.2, 0.25) is 0 Å². The standard InChI is InChI=1S/C21H24N2O/c1-16-14-19-6-2-3-7-20(19)23(16)21(24)18-10-8-17(9-11-18)15-22-12-4-5-13-22/h2-3,6-11,16H,4-5,12-15H2,1H3/t16-/m1/s1. The van der Waals surface area contributed by atoms with Gasteiger partial charge in [0, 0.05) is 23.8 Å². The quantitative estimate of drug-likeness (QED) is 0.857. The van der Waals surface area contributed by atoms with Crippen molar-refractivity contribution < 1.29 is 4.79 Å². The van der Waals surface area contributed by atoms with Gasteiger partial charge in [0.05, 0.1) is 0 Å². The fourth-order valence-corrected chi connectivity index (χ4v) is 3.97. The first-order chi connectivity index (χ1) is 11.7. The maximum absolute atomic E-state index is 13.0. The average Bonchev–Trinajstić information content (AvgIpc) is 3.21. The van der Waals surface area contributed by atoms with Gasteiger partial charge in [-0.25, -0.2) is 0 Å². The van der Waals surface area contributed by atoms with Crippen LogP contribution in [0.2, 0.25) is 0 Å². The number of amides is 1. The molecule has 1 fully saturated rings. The van der Waals surface area contributed by atoms with Gasteiger partial charge in [0.15, 0.2) is 0 Å². The van der Waals surface area contributed by atoms with Crippen LogP contribution in [0.5, 0.6) is 0 Å². The molecule has 124 valence electrons. The molecule has 0 saturated carbocycles. The molecule has 2 aliphatic rings. The second kappa shape index (κ2) is 6.40. The molecule has 0 aliphatic carbocycles. The number of fused-ring (bicyclic) bond motifs is 1. The van der Waals surface area contributed by atoms with Crippen molar-refractivity contribution in [2.75, 3.05) is 18.0 Å². The molecule has 2 aromatic rings. The number of carbonyl (C=O) groups excluding carboxylic acids is 1. The summed E-state index contributed by atoms with van der Waals surface area (Å²) in [6.07, 6.45) is 3.56. The number of anilines is 1. The van der Waals surface area contributed by atoms with E-state index in [4.69, 9.17) is 0 Å². The van der Waals surface area contributed by atoms with Crippen LogP contribution in [0.25, 0.3) is 0 Å². The van der Waals surface area contributed by atoms with Gasteiger partial charge in [0.25, 0.3) is 5.91 Å². The minimum Gasteiger partial charge on any atom is -0.305 e. The highest BCUT2D eigenvalue weighted by atomic mass is 16.2. The largest absolute Gasteiger partial charge is 0.305 e. The summed E-state index contributed by atoms with van der Waals surface area (Å²) in [5.41, 5.74) is 4.41. The molecule has 0 radical (unpaired) electrons. The lowest BCUT2D eigenvalue weighted by Gasteiger charge is -2.23. The summed E-state index contributed by atoms with van der Waals surface area (Å²) in [5, 5.41) is 0. The molecule has 4 rings (SSSR count). The Morgan fingerprint density at radius 3 is 2.50 bits per heavy atom. The fourth-order valence-electron chi connectivity index (χ4n) is 3.97. The highest BCUT2D eigenvalue weighted by Gasteiger charge is 2.31. The molecular weight excluding hydrogens is 296 g/mol. The first-order valence-electron chi connectivity index (χ1n) is 8.95. The first kappa shape index (κ1) is 15.4. The average molecular weight is 320 g/mol. The number of para-hydroxylation sites is 1. The zero-order valence-corrected chi connectivity index (χ0v) is 14.2. The van der Waals surface area contributed by atoms with Crippen LogP contribution >= 0.6 is 0 Å². The lowest BCUT2D eigenvalue weighted by atomic mass is 10.1. The van der Waals surface area contributed by atoms with E-state index < -0.39 is 0 Å². The fraction of sp³-hybridized carbons (Fsp3) is 0.381. The highest BCUT2D eigenvalue weighted by molar-refractivity contribution is 6.07. The van der Waals surface area contributed by atoms with Gasteiger partial charge < -0.3 is 4.90 Å². The van der Waals surface area contributed by atoms with Crippen molar-refractivity contribution in [3.63, 3.8) is 0 Å². The van der Waals surface area contributed by atoms with Gasteiger partial charge in [-0.15, -0.1) is 0 Å². The van der Waals surface area contributed by atoms with Crippen molar-refractivity contribution >= 4 is 11.6 Å². The summed E-state index contributed by atoms with van der Waals surface area (Å²) < 4.78 is 0. The van der Waals surface area contributed by atoms with Crippen molar-refractivity contribution in [3.8, 4) is 0 Å². The van der Waals surface area contributed by atoms with E-state index in [0.29, 0.717) is 0 Å². The Morgan fingerprint density at radius 1 is 1.04 bits per heavy atom. The van der Waals surface area contributed by atoms with E-state index >= 15 is 0 Å². The highest BCUT2D eigenvalue weighted by Crippen LogP contribution is 2.33. The van der Waals surface area contributed by atoms with Gasteiger partial charge in [-0.2, -0.15) is 0 Å². The molecule has 0 aromatic heterocycles.